The summed E-state index contributed by atoms with van der Waals surface area (Å²) in [5, 5.41) is 25.3. The van der Waals surface area contributed by atoms with Crippen molar-refractivity contribution in [3.8, 4) is 45.5 Å². The summed E-state index contributed by atoms with van der Waals surface area (Å²) < 4.78 is 8.54. The Kier molecular flexibility index (Phi) is 5.44. The molecule has 0 atom stereocenters. The maximum Gasteiger partial charge on any atom is 0.135 e. The number of rotatable bonds is 3. The number of fused-ring (bicyclic) bond motifs is 6. The van der Waals surface area contributed by atoms with Crippen LogP contribution in [0.3, 0.4) is 0 Å². The van der Waals surface area contributed by atoms with Crippen LogP contribution in [0.2, 0.25) is 0 Å². The summed E-state index contributed by atoms with van der Waals surface area (Å²) in [5.41, 5.74) is 7.90. The van der Waals surface area contributed by atoms with Gasteiger partial charge in [0.1, 0.15) is 17.2 Å². The summed E-state index contributed by atoms with van der Waals surface area (Å²) in [6, 6.07) is 45.5. The highest BCUT2D eigenvalue weighted by atomic mass is 32.1. The predicted molar refractivity (Wildman–Crippen MR) is 172 cm³/mol. The van der Waals surface area contributed by atoms with E-state index in [2.05, 4.69) is 72.8 Å². The first-order valence-corrected chi connectivity index (χ1v) is 14.4. The van der Waals surface area contributed by atoms with E-state index in [9.17, 15) is 10.5 Å². The smallest absolute Gasteiger partial charge is 0.135 e. The van der Waals surface area contributed by atoms with Crippen LogP contribution in [0.15, 0.2) is 126 Å². The number of hydrogen-bond donors (Lipinski definition) is 0. The second-order valence-corrected chi connectivity index (χ2v) is 11.4. The van der Waals surface area contributed by atoms with Crippen molar-refractivity contribution in [3.63, 3.8) is 0 Å². The van der Waals surface area contributed by atoms with Crippen molar-refractivity contribution in [2.24, 2.45) is 0 Å². The van der Waals surface area contributed by atoms with Crippen molar-refractivity contribution < 1.29 is 4.42 Å². The molecule has 4 heteroatoms. The molecule has 0 saturated heterocycles. The highest BCUT2D eigenvalue weighted by Gasteiger charge is 2.21. The Balaban J connectivity index is 1.42. The summed E-state index contributed by atoms with van der Waals surface area (Å²) in [4.78, 5) is 0. The first kappa shape index (κ1) is 24.1. The van der Waals surface area contributed by atoms with Crippen LogP contribution in [-0.4, -0.2) is 0 Å². The Morgan fingerprint density at radius 1 is 0.500 bits per heavy atom. The molecule has 0 fully saturated rings. The van der Waals surface area contributed by atoms with Crippen LogP contribution in [0.25, 0.3) is 75.5 Å². The molecule has 3 nitrogen and oxygen atoms in total. The molecule has 8 aromatic rings. The lowest BCUT2D eigenvalue weighted by Crippen LogP contribution is -1.96. The van der Waals surface area contributed by atoms with Crippen LogP contribution in [0, 0.1) is 22.7 Å². The monoisotopic (exact) mass is 552 g/mol. The van der Waals surface area contributed by atoms with Gasteiger partial charge in [0.2, 0.25) is 0 Å². The van der Waals surface area contributed by atoms with Gasteiger partial charge in [0.25, 0.3) is 0 Å². The topological polar surface area (TPSA) is 60.7 Å². The zero-order valence-corrected chi connectivity index (χ0v) is 23.1. The molecule has 0 radical (unpaired) electrons. The minimum Gasteiger partial charge on any atom is -0.456 e. The lowest BCUT2D eigenvalue weighted by molar-refractivity contribution is 0.669. The zero-order valence-electron chi connectivity index (χ0n) is 22.3. The number of para-hydroxylation sites is 1. The molecular weight excluding hydrogens is 532 g/mol. The summed E-state index contributed by atoms with van der Waals surface area (Å²) in [5.74, 6) is 0. The van der Waals surface area contributed by atoms with Crippen LogP contribution in [0.1, 0.15) is 11.1 Å². The average Bonchev–Trinajstić information content (AvgIpc) is 3.61. The Labute approximate surface area is 245 Å². The lowest BCUT2D eigenvalue weighted by Gasteiger charge is -2.17. The Hall–Kier alpha value is -5.68. The molecular formula is C38H20N2OS. The third-order valence-corrected chi connectivity index (χ3v) is 9.16. The van der Waals surface area contributed by atoms with Gasteiger partial charge in [-0.05, 0) is 59.2 Å². The van der Waals surface area contributed by atoms with E-state index in [-0.39, 0.29) is 0 Å². The van der Waals surface area contributed by atoms with Gasteiger partial charge in [0.15, 0.2) is 0 Å². The highest BCUT2D eigenvalue weighted by molar-refractivity contribution is 7.25. The van der Waals surface area contributed by atoms with Crippen molar-refractivity contribution >= 4 is 53.4 Å². The zero-order chi connectivity index (χ0) is 28.2. The number of hydrogen-bond acceptors (Lipinski definition) is 4. The number of nitriles is 2. The van der Waals surface area contributed by atoms with E-state index in [1.807, 2.05) is 60.7 Å². The third kappa shape index (κ3) is 3.64. The predicted octanol–water partition coefficient (Wildman–Crippen LogP) is 10.7. The number of nitrogens with zero attached hydrogens (tertiary/aromatic N) is 2. The molecule has 2 heterocycles. The highest BCUT2D eigenvalue weighted by Crippen LogP contribution is 2.44. The van der Waals surface area contributed by atoms with Gasteiger partial charge in [-0.25, -0.2) is 0 Å². The molecule has 6 aromatic carbocycles. The number of thiophene rings is 1. The van der Waals surface area contributed by atoms with Gasteiger partial charge in [0.05, 0.1) is 17.2 Å². The van der Waals surface area contributed by atoms with Gasteiger partial charge in [-0.1, -0.05) is 78.9 Å². The molecule has 0 N–H and O–H groups in total. The molecule has 0 saturated carbocycles. The van der Waals surface area contributed by atoms with Gasteiger partial charge in [0, 0.05) is 47.6 Å². The van der Waals surface area contributed by atoms with Crippen LogP contribution in [0.4, 0.5) is 0 Å². The van der Waals surface area contributed by atoms with Crippen LogP contribution < -0.4 is 0 Å². The summed E-state index contributed by atoms with van der Waals surface area (Å²) >= 11 is 1.77. The van der Waals surface area contributed by atoms with E-state index in [0.29, 0.717) is 11.1 Å². The fourth-order valence-corrected chi connectivity index (χ4v) is 7.15. The third-order valence-electron chi connectivity index (χ3n) is 8.01. The molecule has 42 heavy (non-hydrogen) atoms. The standard InChI is InChI=1S/C38H20N2OS/c39-21-25-7-1-2-8-27(25)38-28(24-13-17-35-31(19-24)29-9-3-5-11-34(29)41-35)16-15-26(33(38)22-40)23-14-18-37-32(20-23)30-10-4-6-12-36(30)42-37/h1-20H. The van der Waals surface area contributed by atoms with Gasteiger partial charge in [-0.15, -0.1) is 11.3 Å². The Bertz CT molecular complexity index is 2450. The largest absolute Gasteiger partial charge is 0.456 e. The van der Waals surface area contributed by atoms with E-state index >= 15 is 0 Å². The Morgan fingerprint density at radius 2 is 1.17 bits per heavy atom. The Morgan fingerprint density at radius 3 is 2.05 bits per heavy atom. The second kappa shape index (κ2) is 9.46. The van der Waals surface area contributed by atoms with E-state index in [1.54, 1.807) is 11.3 Å². The first-order chi connectivity index (χ1) is 20.7. The molecule has 2 aromatic heterocycles. The molecule has 0 bridgehead atoms. The van der Waals surface area contributed by atoms with Gasteiger partial charge in [-0.2, -0.15) is 10.5 Å². The quantitative estimate of drug-likeness (QED) is 0.219. The molecule has 8 rings (SSSR count). The number of furan rings is 1. The van der Waals surface area contributed by atoms with Gasteiger partial charge in [-0.3, -0.25) is 0 Å². The minimum atomic E-state index is 0.529. The fraction of sp³-hybridized carbons (Fsp3) is 0. The molecule has 0 aliphatic rings. The van der Waals surface area contributed by atoms with E-state index in [0.717, 1.165) is 55.3 Å². The number of benzene rings is 6. The van der Waals surface area contributed by atoms with Gasteiger partial charge < -0.3 is 4.42 Å². The maximum absolute atomic E-state index is 10.7. The van der Waals surface area contributed by atoms with E-state index in [1.165, 1.54) is 20.2 Å². The summed E-state index contributed by atoms with van der Waals surface area (Å²) in [6.07, 6.45) is 0. The average molecular weight is 553 g/mol. The summed E-state index contributed by atoms with van der Waals surface area (Å²) in [7, 11) is 0. The van der Waals surface area contributed by atoms with Crippen molar-refractivity contribution in [2.75, 3.05) is 0 Å². The van der Waals surface area contributed by atoms with Crippen LogP contribution >= 0.6 is 11.3 Å². The molecule has 194 valence electrons. The first-order valence-electron chi connectivity index (χ1n) is 13.6. The molecule has 0 unspecified atom stereocenters. The SMILES string of the molecule is N#Cc1ccccc1-c1c(-c2ccc3oc4ccccc4c3c2)ccc(-c2ccc3sc4ccccc4c3c2)c1C#N. The molecule has 0 spiro atoms. The van der Waals surface area contributed by atoms with Crippen molar-refractivity contribution in [3.05, 3.63) is 132 Å². The molecule has 0 aliphatic carbocycles. The molecule has 0 amide bonds. The second-order valence-electron chi connectivity index (χ2n) is 10.3. The van der Waals surface area contributed by atoms with E-state index < -0.39 is 0 Å². The van der Waals surface area contributed by atoms with Gasteiger partial charge >= 0.3 is 0 Å². The van der Waals surface area contributed by atoms with Crippen molar-refractivity contribution in [1.82, 2.24) is 0 Å². The van der Waals surface area contributed by atoms with Crippen LogP contribution in [-0.2, 0) is 0 Å². The molecule has 0 aliphatic heterocycles. The van der Waals surface area contributed by atoms with E-state index in [4.69, 9.17) is 4.42 Å². The summed E-state index contributed by atoms with van der Waals surface area (Å²) in [6.45, 7) is 0. The lowest BCUT2D eigenvalue weighted by atomic mass is 9.84. The fourth-order valence-electron chi connectivity index (χ4n) is 6.07. The minimum absolute atomic E-state index is 0.529. The van der Waals surface area contributed by atoms with Crippen LogP contribution in [0.5, 0.6) is 0 Å². The van der Waals surface area contributed by atoms with Crippen molar-refractivity contribution in [2.45, 2.75) is 0 Å². The van der Waals surface area contributed by atoms with Crippen molar-refractivity contribution in [1.29, 1.82) is 10.5 Å². The normalized spacial score (nSPS) is 11.3. The maximum atomic E-state index is 10.7.